The smallest absolute Gasteiger partial charge is 0.410 e. The number of nitrogens with one attached hydrogen (secondary N) is 1. The molecule has 5 heteroatoms. The Hall–Kier alpha value is -1.42. The van der Waals surface area contributed by atoms with E-state index in [0.29, 0.717) is 5.92 Å². The highest BCUT2D eigenvalue weighted by Gasteiger charge is 2.26. The highest BCUT2D eigenvalue weighted by Crippen LogP contribution is 2.25. The van der Waals surface area contributed by atoms with Gasteiger partial charge in [-0.15, -0.1) is 0 Å². The second-order valence-corrected chi connectivity index (χ2v) is 7.68. The van der Waals surface area contributed by atoms with Crippen LogP contribution in [0.4, 0.5) is 10.5 Å². The van der Waals surface area contributed by atoms with Crippen LogP contribution in [0, 0.1) is 12.8 Å². The van der Waals surface area contributed by atoms with Gasteiger partial charge in [-0.1, -0.05) is 17.7 Å². The largest absolute Gasteiger partial charge is 0.444 e. The van der Waals surface area contributed by atoms with E-state index >= 15 is 0 Å². The summed E-state index contributed by atoms with van der Waals surface area (Å²) in [4.78, 5) is 13.9. The van der Waals surface area contributed by atoms with Crippen molar-refractivity contribution in [2.45, 2.75) is 46.1 Å². The quantitative estimate of drug-likeness (QED) is 0.868. The van der Waals surface area contributed by atoms with Gasteiger partial charge >= 0.3 is 6.09 Å². The van der Waals surface area contributed by atoms with Gasteiger partial charge in [0.2, 0.25) is 0 Å². The molecule has 0 aliphatic carbocycles. The molecule has 4 nitrogen and oxygen atoms in total. The van der Waals surface area contributed by atoms with Crippen molar-refractivity contribution in [2.75, 3.05) is 25.0 Å². The fraction of sp³-hybridized carbons (Fsp3) is 0.611. The Labute approximate surface area is 144 Å². The normalized spacial score (nSPS) is 16.3. The van der Waals surface area contributed by atoms with Gasteiger partial charge in [-0.3, -0.25) is 0 Å². The molecule has 0 aromatic heterocycles. The van der Waals surface area contributed by atoms with E-state index in [1.165, 1.54) is 0 Å². The number of benzene rings is 1. The molecule has 1 aliphatic rings. The Kier molecular flexibility index (Phi) is 5.79. The van der Waals surface area contributed by atoms with Crippen LogP contribution in [0.2, 0.25) is 5.02 Å². The molecule has 1 aromatic carbocycles. The zero-order chi connectivity index (χ0) is 17.0. The summed E-state index contributed by atoms with van der Waals surface area (Å²) in [6, 6.07) is 6.04. The van der Waals surface area contributed by atoms with E-state index < -0.39 is 5.60 Å². The monoisotopic (exact) mass is 338 g/mol. The molecule has 1 heterocycles. The van der Waals surface area contributed by atoms with Gasteiger partial charge < -0.3 is 15.0 Å². The van der Waals surface area contributed by atoms with Crippen LogP contribution in [0.5, 0.6) is 0 Å². The summed E-state index contributed by atoms with van der Waals surface area (Å²) in [5.41, 5.74) is 1.70. The van der Waals surface area contributed by atoms with Crippen LogP contribution in [0.3, 0.4) is 0 Å². The SMILES string of the molecule is Cc1ccc(NCC2CCN(C(=O)OC(C)(C)C)CC2)c(Cl)c1. The Bertz CT molecular complexity index is 546. The number of piperidine rings is 1. The second kappa shape index (κ2) is 7.43. The maximum Gasteiger partial charge on any atom is 0.410 e. The lowest BCUT2D eigenvalue weighted by Crippen LogP contribution is -2.42. The van der Waals surface area contributed by atoms with Crippen LogP contribution >= 0.6 is 11.6 Å². The zero-order valence-corrected chi connectivity index (χ0v) is 15.2. The first-order valence-electron chi connectivity index (χ1n) is 8.22. The second-order valence-electron chi connectivity index (χ2n) is 7.27. The summed E-state index contributed by atoms with van der Waals surface area (Å²) in [6.45, 7) is 10.1. The molecule has 0 atom stereocenters. The zero-order valence-electron chi connectivity index (χ0n) is 14.5. The molecule has 1 fully saturated rings. The Morgan fingerprint density at radius 1 is 1.35 bits per heavy atom. The molecule has 1 N–H and O–H groups in total. The number of carbonyl (C=O) groups is 1. The summed E-state index contributed by atoms with van der Waals surface area (Å²) >= 11 is 6.24. The number of likely N-dealkylation sites (tertiary alicyclic amines) is 1. The number of hydrogen-bond acceptors (Lipinski definition) is 3. The van der Waals surface area contributed by atoms with Crippen molar-refractivity contribution in [1.29, 1.82) is 0 Å². The first-order valence-corrected chi connectivity index (χ1v) is 8.60. The number of ether oxygens (including phenoxy) is 1. The van der Waals surface area contributed by atoms with E-state index in [1.54, 1.807) is 4.90 Å². The van der Waals surface area contributed by atoms with Gasteiger partial charge in [-0.25, -0.2) is 4.79 Å². The Morgan fingerprint density at radius 3 is 2.57 bits per heavy atom. The van der Waals surface area contributed by atoms with Crippen LogP contribution in [-0.2, 0) is 4.74 Å². The first kappa shape index (κ1) is 17.9. The maximum absolute atomic E-state index is 12.0. The summed E-state index contributed by atoms with van der Waals surface area (Å²) in [7, 11) is 0. The molecular weight excluding hydrogens is 312 g/mol. The summed E-state index contributed by atoms with van der Waals surface area (Å²) < 4.78 is 5.42. The molecule has 0 spiro atoms. The van der Waals surface area contributed by atoms with Crippen molar-refractivity contribution < 1.29 is 9.53 Å². The molecule has 23 heavy (non-hydrogen) atoms. The number of rotatable bonds is 3. The highest BCUT2D eigenvalue weighted by molar-refractivity contribution is 6.33. The maximum atomic E-state index is 12.0. The number of anilines is 1. The van der Waals surface area contributed by atoms with E-state index in [-0.39, 0.29) is 6.09 Å². The molecular formula is C18H27ClN2O2. The molecule has 0 unspecified atom stereocenters. The van der Waals surface area contributed by atoms with Crippen molar-refractivity contribution in [2.24, 2.45) is 5.92 Å². The lowest BCUT2D eigenvalue weighted by atomic mass is 9.97. The van der Waals surface area contributed by atoms with Crippen LogP contribution in [0.25, 0.3) is 0 Å². The van der Waals surface area contributed by atoms with Crippen LogP contribution in [0.15, 0.2) is 18.2 Å². The molecule has 0 radical (unpaired) electrons. The van der Waals surface area contributed by atoms with Gasteiger partial charge in [0.05, 0.1) is 10.7 Å². The Balaban J connectivity index is 1.77. The van der Waals surface area contributed by atoms with Gasteiger partial charge in [0.25, 0.3) is 0 Å². The number of nitrogens with zero attached hydrogens (tertiary/aromatic N) is 1. The number of amides is 1. The van der Waals surface area contributed by atoms with Gasteiger partial charge in [0.1, 0.15) is 5.60 Å². The van der Waals surface area contributed by atoms with E-state index in [9.17, 15) is 4.79 Å². The summed E-state index contributed by atoms with van der Waals surface area (Å²) in [5.74, 6) is 0.547. The van der Waals surface area contributed by atoms with E-state index in [0.717, 1.165) is 48.7 Å². The third-order valence-electron chi connectivity index (χ3n) is 3.97. The lowest BCUT2D eigenvalue weighted by molar-refractivity contribution is 0.0188. The van der Waals surface area contributed by atoms with Gasteiger partial charge in [-0.05, 0) is 64.2 Å². The minimum atomic E-state index is -0.433. The topological polar surface area (TPSA) is 41.6 Å². The fourth-order valence-electron chi connectivity index (χ4n) is 2.66. The van der Waals surface area contributed by atoms with Gasteiger partial charge in [0, 0.05) is 19.6 Å². The van der Waals surface area contributed by atoms with Gasteiger partial charge in [-0.2, -0.15) is 0 Å². The third kappa shape index (κ3) is 5.61. The standard InChI is InChI=1S/C18H27ClN2O2/c1-13-5-6-16(15(19)11-13)20-12-14-7-9-21(10-8-14)17(22)23-18(2,3)4/h5-6,11,14,20H,7-10,12H2,1-4H3. The molecule has 1 aromatic rings. The van der Waals surface area contributed by atoms with E-state index in [4.69, 9.17) is 16.3 Å². The number of hydrogen-bond donors (Lipinski definition) is 1. The molecule has 2 rings (SSSR count). The minimum Gasteiger partial charge on any atom is -0.444 e. The number of aryl methyl sites for hydroxylation is 1. The number of carbonyl (C=O) groups excluding carboxylic acids is 1. The molecule has 0 bridgehead atoms. The summed E-state index contributed by atoms with van der Waals surface area (Å²) in [5, 5.41) is 4.19. The van der Waals surface area contributed by atoms with Crippen molar-refractivity contribution in [3.05, 3.63) is 28.8 Å². The predicted molar refractivity (Wildman–Crippen MR) is 95.2 cm³/mol. The Morgan fingerprint density at radius 2 is 2.00 bits per heavy atom. The van der Waals surface area contributed by atoms with Gasteiger partial charge in [0.15, 0.2) is 0 Å². The van der Waals surface area contributed by atoms with Crippen molar-refractivity contribution >= 4 is 23.4 Å². The average molecular weight is 339 g/mol. The van der Waals surface area contributed by atoms with Crippen LogP contribution in [0.1, 0.15) is 39.2 Å². The predicted octanol–water partition coefficient (Wildman–Crippen LogP) is 4.71. The molecule has 1 aliphatic heterocycles. The van der Waals surface area contributed by atoms with Crippen molar-refractivity contribution in [3.63, 3.8) is 0 Å². The van der Waals surface area contributed by atoms with Crippen molar-refractivity contribution in [3.8, 4) is 0 Å². The third-order valence-corrected chi connectivity index (χ3v) is 4.28. The summed E-state index contributed by atoms with van der Waals surface area (Å²) in [6.07, 6.45) is 1.76. The number of halogens is 1. The average Bonchev–Trinajstić information content (AvgIpc) is 2.45. The van der Waals surface area contributed by atoms with E-state index in [1.807, 2.05) is 39.8 Å². The lowest BCUT2D eigenvalue weighted by Gasteiger charge is -2.33. The minimum absolute atomic E-state index is 0.203. The molecule has 1 amide bonds. The highest BCUT2D eigenvalue weighted by atomic mass is 35.5. The van der Waals surface area contributed by atoms with Crippen LogP contribution in [-0.4, -0.2) is 36.2 Å². The van der Waals surface area contributed by atoms with E-state index in [2.05, 4.69) is 11.4 Å². The van der Waals surface area contributed by atoms with Crippen LogP contribution < -0.4 is 5.32 Å². The molecule has 0 saturated carbocycles. The van der Waals surface area contributed by atoms with Crippen molar-refractivity contribution in [1.82, 2.24) is 4.90 Å². The molecule has 128 valence electrons. The molecule has 1 saturated heterocycles. The fourth-order valence-corrected chi connectivity index (χ4v) is 2.97. The first-order chi connectivity index (χ1) is 10.7.